The van der Waals surface area contributed by atoms with Gasteiger partial charge in [0.25, 0.3) is 0 Å². The summed E-state index contributed by atoms with van der Waals surface area (Å²) in [6, 6.07) is 44.4. The molecule has 0 spiro atoms. The van der Waals surface area contributed by atoms with E-state index in [0.29, 0.717) is 0 Å². The largest absolute Gasteiger partial charge is 0.304 e. The first-order valence-electron chi connectivity index (χ1n) is 10.1. The van der Waals surface area contributed by atoms with Gasteiger partial charge in [-0.1, -0.05) is 121 Å². The third-order valence-electron chi connectivity index (χ3n) is 5.73. The molecule has 0 radical (unpaired) electrons. The molecule has 0 saturated carbocycles. The maximum Gasteiger partial charge on any atom is 0.170 e. The van der Waals surface area contributed by atoms with Gasteiger partial charge in [-0.2, -0.15) is 0 Å². The smallest absolute Gasteiger partial charge is 0.170 e. The average Bonchev–Trinajstić information content (AvgIpc) is 2.79. The molecular weight excluding hydrogens is 366 g/mol. The summed E-state index contributed by atoms with van der Waals surface area (Å²) in [5.41, 5.74) is 1.62. The van der Waals surface area contributed by atoms with Crippen LogP contribution in [0.15, 0.2) is 121 Å². The summed E-state index contributed by atoms with van der Waals surface area (Å²) >= 11 is 0. The summed E-state index contributed by atoms with van der Waals surface area (Å²) in [7, 11) is 2.00. The molecule has 0 fully saturated rings. The highest BCUT2D eigenvalue weighted by Crippen LogP contribution is 2.29. The zero-order chi connectivity index (χ0) is 20.1. The van der Waals surface area contributed by atoms with Crippen LogP contribution in [0.1, 0.15) is 11.2 Å². The third kappa shape index (κ3) is 3.57. The van der Waals surface area contributed by atoms with Crippen molar-refractivity contribution >= 4 is 23.6 Å². The van der Waals surface area contributed by atoms with Crippen molar-refractivity contribution in [1.29, 1.82) is 0 Å². The van der Waals surface area contributed by atoms with Gasteiger partial charge in [-0.05, 0) is 35.2 Å². The van der Waals surface area contributed by atoms with Gasteiger partial charge in [-0.3, -0.25) is 0 Å². The summed E-state index contributed by atoms with van der Waals surface area (Å²) < 4.78 is 0. The first-order chi connectivity index (χ1) is 14.2. The van der Waals surface area contributed by atoms with E-state index in [2.05, 4.69) is 140 Å². The lowest BCUT2D eigenvalue weighted by atomic mass is 10.2. The lowest BCUT2D eigenvalue weighted by molar-refractivity contribution is 0.375. The first-order valence-corrected chi connectivity index (χ1v) is 12.2. The number of nitrogens with zero attached hydrogens (tertiary/aromatic N) is 1. The SMILES string of the molecule is CN(C)[C@H](c1ccccc1)[Si](c1ccccc1)(c1ccccc1)c1ccccc1. The van der Waals surface area contributed by atoms with Crippen molar-refractivity contribution in [2.75, 3.05) is 14.1 Å². The van der Waals surface area contributed by atoms with E-state index < -0.39 is 8.07 Å². The lowest BCUT2D eigenvalue weighted by Crippen LogP contribution is -2.73. The molecule has 1 nitrogen and oxygen atoms in total. The predicted octanol–water partition coefficient (Wildman–Crippen LogP) is 4.00. The molecule has 0 bridgehead atoms. The van der Waals surface area contributed by atoms with Crippen molar-refractivity contribution in [1.82, 2.24) is 4.90 Å². The van der Waals surface area contributed by atoms with E-state index >= 15 is 0 Å². The molecule has 29 heavy (non-hydrogen) atoms. The Balaban J connectivity index is 2.13. The fourth-order valence-electron chi connectivity index (χ4n) is 4.65. The monoisotopic (exact) mass is 393 g/mol. The number of benzene rings is 4. The second kappa shape index (κ2) is 8.60. The summed E-state index contributed by atoms with van der Waals surface area (Å²) in [5.74, 6) is 0. The lowest BCUT2D eigenvalue weighted by Gasteiger charge is -2.44. The quantitative estimate of drug-likeness (QED) is 0.354. The standard InChI is InChI=1S/C27H27NSi/c1-28(2)27(23-15-7-3-8-16-23)29(24-17-9-4-10-18-24,25-19-11-5-12-20-25)26-21-13-6-14-22-26/h3-22,27H,1-2H3/t27-/m0/s1. The van der Waals surface area contributed by atoms with Crippen LogP contribution in [0.2, 0.25) is 0 Å². The fraction of sp³-hybridized carbons (Fsp3) is 0.111. The molecule has 1 atom stereocenters. The van der Waals surface area contributed by atoms with Crippen LogP contribution in [-0.2, 0) is 0 Å². The second-order valence-corrected chi connectivity index (χ2v) is 11.6. The van der Waals surface area contributed by atoms with Crippen LogP contribution in [0.4, 0.5) is 0 Å². The molecule has 4 aromatic rings. The Morgan fingerprint density at radius 3 is 1.10 bits per heavy atom. The summed E-state index contributed by atoms with van der Waals surface area (Å²) in [4.78, 5) is 2.41. The molecule has 2 heteroatoms. The summed E-state index contributed by atoms with van der Waals surface area (Å²) in [6.45, 7) is 0. The number of hydrogen-bond donors (Lipinski definition) is 0. The molecule has 0 aliphatic rings. The van der Waals surface area contributed by atoms with E-state index in [-0.39, 0.29) is 5.67 Å². The van der Waals surface area contributed by atoms with E-state index in [0.717, 1.165) is 0 Å². The average molecular weight is 394 g/mol. The minimum absolute atomic E-state index is 0.260. The molecule has 0 aromatic heterocycles. The van der Waals surface area contributed by atoms with Gasteiger partial charge in [-0.15, -0.1) is 0 Å². The van der Waals surface area contributed by atoms with Gasteiger partial charge in [-0.25, -0.2) is 0 Å². The molecular formula is C27H27NSi. The van der Waals surface area contributed by atoms with Crippen molar-refractivity contribution in [2.45, 2.75) is 5.67 Å². The van der Waals surface area contributed by atoms with Gasteiger partial charge in [0.05, 0.1) is 0 Å². The van der Waals surface area contributed by atoms with Crippen LogP contribution in [0.5, 0.6) is 0 Å². The Morgan fingerprint density at radius 1 is 0.483 bits per heavy atom. The molecule has 0 aliphatic carbocycles. The highest BCUT2D eigenvalue weighted by Gasteiger charge is 2.48. The van der Waals surface area contributed by atoms with Crippen LogP contribution >= 0.6 is 0 Å². The Bertz CT molecular complexity index is 918. The van der Waals surface area contributed by atoms with Crippen LogP contribution in [-0.4, -0.2) is 27.1 Å². The Kier molecular flexibility index (Phi) is 5.75. The zero-order valence-electron chi connectivity index (χ0n) is 17.1. The van der Waals surface area contributed by atoms with Gasteiger partial charge in [0.2, 0.25) is 0 Å². The molecule has 0 aliphatic heterocycles. The van der Waals surface area contributed by atoms with Crippen molar-refractivity contribution in [3.8, 4) is 0 Å². The molecule has 0 unspecified atom stereocenters. The maximum atomic E-state index is 2.41. The third-order valence-corrected chi connectivity index (χ3v) is 11.1. The highest BCUT2D eigenvalue weighted by atomic mass is 28.3. The van der Waals surface area contributed by atoms with Crippen LogP contribution in [0.3, 0.4) is 0 Å². The molecule has 144 valence electrons. The van der Waals surface area contributed by atoms with E-state index in [9.17, 15) is 0 Å². The van der Waals surface area contributed by atoms with Gasteiger partial charge in [0.1, 0.15) is 0 Å². The molecule has 0 amide bonds. The van der Waals surface area contributed by atoms with E-state index in [1.807, 2.05) is 0 Å². The van der Waals surface area contributed by atoms with Gasteiger partial charge < -0.3 is 4.90 Å². The predicted molar refractivity (Wildman–Crippen MR) is 127 cm³/mol. The van der Waals surface area contributed by atoms with Crippen LogP contribution in [0, 0.1) is 0 Å². The Morgan fingerprint density at radius 2 is 0.793 bits per heavy atom. The van der Waals surface area contributed by atoms with Gasteiger partial charge in [0, 0.05) is 5.67 Å². The van der Waals surface area contributed by atoms with E-state index in [1.165, 1.54) is 21.1 Å². The maximum absolute atomic E-state index is 2.43. The van der Waals surface area contributed by atoms with Crippen molar-refractivity contribution in [2.24, 2.45) is 0 Å². The molecule has 0 saturated heterocycles. The molecule has 0 heterocycles. The fourth-order valence-corrected chi connectivity index (χ4v) is 10.2. The second-order valence-electron chi connectivity index (χ2n) is 7.68. The first kappa shape index (κ1) is 19.4. The highest BCUT2D eigenvalue weighted by molar-refractivity contribution is 7.12. The number of rotatable bonds is 6. The molecule has 4 rings (SSSR count). The van der Waals surface area contributed by atoms with Crippen LogP contribution in [0.25, 0.3) is 0 Å². The zero-order valence-corrected chi connectivity index (χ0v) is 18.1. The normalized spacial score (nSPS) is 12.7. The van der Waals surface area contributed by atoms with E-state index in [1.54, 1.807) is 0 Å². The minimum atomic E-state index is -2.43. The Hall–Kier alpha value is -2.94. The van der Waals surface area contributed by atoms with Crippen molar-refractivity contribution in [3.63, 3.8) is 0 Å². The van der Waals surface area contributed by atoms with Crippen molar-refractivity contribution in [3.05, 3.63) is 127 Å². The Labute approximate surface area is 175 Å². The summed E-state index contributed by atoms with van der Waals surface area (Å²) in [5, 5.41) is 4.29. The van der Waals surface area contributed by atoms with Gasteiger partial charge >= 0.3 is 0 Å². The van der Waals surface area contributed by atoms with E-state index in [4.69, 9.17) is 0 Å². The van der Waals surface area contributed by atoms with Crippen molar-refractivity contribution < 1.29 is 0 Å². The summed E-state index contributed by atoms with van der Waals surface area (Å²) in [6.07, 6.45) is 0. The van der Waals surface area contributed by atoms with Gasteiger partial charge in [0.15, 0.2) is 8.07 Å². The molecule has 0 N–H and O–H groups in total. The topological polar surface area (TPSA) is 3.24 Å². The van der Waals surface area contributed by atoms with Crippen LogP contribution < -0.4 is 15.6 Å². The molecule has 4 aromatic carbocycles. The number of hydrogen-bond acceptors (Lipinski definition) is 1. The minimum Gasteiger partial charge on any atom is -0.304 e.